The van der Waals surface area contributed by atoms with Crippen LogP contribution in [0.4, 0.5) is 8.78 Å². The summed E-state index contributed by atoms with van der Waals surface area (Å²) in [6, 6.07) is 10.4. The number of amides is 1. The van der Waals surface area contributed by atoms with Gasteiger partial charge in [-0.05, 0) is 76.3 Å². The fourth-order valence-electron chi connectivity index (χ4n) is 4.64. The van der Waals surface area contributed by atoms with Gasteiger partial charge in [0.1, 0.15) is 11.6 Å². The summed E-state index contributed by atoms with van der Waals surface area (Å²) in [5.74, 6) is -0.694. The SMILES string of the molecule is O=C(C1CCCCC1)N1CC[C@](c2ccc(Br)c(F)c2)([S+]([O-])c2ccc(F)cc2)C1. The van der Waals surface area contributed by atoms with E-state index in [9.17, 15) is 18.1 Å². The van der Waals surface area contributed by atoms with Gasteiger partial charge in [-0.3, -0.25) is 4.79 Å². The van der Waals surface area contributed by atoms with Crippen molar-refractivity contribution in [1.29, 1.82) is 0 Å². The second-order valence-corrected chi connectivity index (χ2v) is 10.8. The molecule has 0 spiro atoms. The van der Waals surface area contributed by atoms with Crippen molar-refractivity contribution < 1.29 is 18.1 Å². The minimum absolute atomic E-state index is 0.0236. The highest BCUT2D eigenvalue weighted by molar-refractivity contribution is 9.10. The first-order chi connectivity index (χ1) is 14.4. The van der Waals surface area contributed by atoms with Crippen molar-refractivity contribution in [2.24, 2.45) is 5.92 Å². The fraction of sp³-hybridized carbons (Fsp3) is 0.435. The van der Waals surface area contributed by atoms with Crippen LogP contribution in [-0.2, 0) is 20.7 Å². The molecule has 1 amide bonds. The minimum Gasteiger partial charge on any atom is -0.611 e. The number of likely N-dealkylation sites (tertiary alicyclic amines) is 1. The molecule has 1 aliphatic carbocycles. The number of hydrogen-bond donors (Lipinski definition) is 0. The smallest absolute Gasteiger partial charge is 0.225 e. The Morgan fingerprint density at radius 2 is 1.80 bits per heavy atom. The highest BCUT2D eigenvalue weighted by atomic mass is 79.9. The van der Waals surface area contributed by atoms with Crippen molar-refractivity contribution >= 4 is 33.0 Å². The summed E-state index contributed by atoms with van der Waals surface area (Å²) < 4.78 is 40.9. The Morgan fingerprint density at radius 1 is 1.10 bits per heavy atom. The molecule has 2 aromatic carbocycles. The lowest BCUT2D eigenvalue weighted by atomic mass is 9.88. The molecule has 2 aromatic rings. The van der Waals surface area contributed by atoms with Crippen LogP contribution in [0.15, 0.2) is 51.8 Å². The third-order valence-corrected chi connectivity index (χ3v) is 8.95. The van der Waals surface area contributed by atoms with E-state index in [1.807, 2.05) is 0 Å². The number of halogens is 3. The highest BCUT2D eigenvalue weighted by Gasteiger charge is 2.52. The van der Waals surface area contributed by atoms with E-state index in [0.29, 0.717) is 27.9 Å². The third kappa shape index (κ3) is 4.16. The molecule has 2 aliphatic rings. The van der Waals surface area contributed by atoms with Crippen molar-refractivity contribution in [3.05, 3.63) is 64.1 Å². The Kier molecular flexibility index (Phi) is 6.51. The van der Waals surface area contributed by atoms with Crippen LogP contribution in [0.2, 0.25) is 0 Å². The second kappa shape index (κ2) is 8.97. The summed E-state index contributed by atoms with van der Waals surface area (Å²) in [6.07, 6.45) is 5.56. The summed E-state index contributed by atoms with van der Waals surface area (Å²) in [4.78, 5) is 15.4. The molecule has 1 saturated heterocycles. The number of benzene rings is 2. The maximum Gasteiger partial charge on any atom is 0.225 e. The second-order valence-electron chi connectivity index (χ2n) is 8.19. The third-order valence-electron chi connectivity index (χ3n) is 6.33. The Morgan fingerprint density at radius 3 is 2.47 bits per heavy atom. The van der Waals surface area contributed by atoms with Crippen LogP contribution in [0.1, 0.15) is 44.1 Å². The molecule has 1 unspecified atom stereocenters. The van der Waals surface area contributed by atoms with Gasteiger partial charge < -0.3 is 9.45 Å². The van der Waals surface area contributed by atoms with Crippen LogP contribution in [0.3, 0.4) is 0 Å². The molecular formula is C23H24BrF2NO2S. The van der Waals surface area contributed by atoms with E-state index in [0.717, 1.165) is 25.7 Å². The van der Waals surface area contributed by atoms with Gasteiger partial charge in [-0.15, -0.1) is 0 Å². The molecule has 2 fully saturated rings. The average Bonchev–Trinajstić information content (AvgIpc) is 3.22. The number of carbonyl (C=O) groups excluding carboxylic acids is 1. The van der Waals surface area contributed by atoms with Gasteiger partial charge in [0.25, 0.3) is 0 Å². The van der Waals surface area contributed by atoms with E-state index < -0.39 is 27.6 Å². The van der Waals surface area contributed by atoms with E-state index in [-0.39, 0.29) is 18.4 Å². The van der Waals surface area contributed by atoms with Gasteiger partial charge >= 0.3 is 0 Å². The van der Waals surface area contributed by atoms with Crippen LogP contribution in [-0.4, -0.2) is 28.4 Å². The Bertz CT molecular complexity index is 920. The van der Waals surface area contributed by atoms with Crippen molar-refractivity contribution in [1.82, 2.24) is 4.90 Å². The molecule has 1 saturated carbocycles. The summed E-state index contributed by atoms with van der Waals surface area (Å²) in [5.41, 5.74) is 0.602. The maximum atomic E-state index is 14.4. The molecule has 0 aromatic heterocycles. The largest absolute Gasteiger partial charge is 0.611 e. The van der Waals surface area contributed by atoms with Gasteiger partial charge in [-0.25, -0.2) is 8.78 Å². The zero-order valence-corrected chi connectivity index (χ0v) is 19.0. The molecule has 2 atom stereocenters. The fourth-order valence-corrected chi connectivity index (χ4v) is 6.61. The molecule has 30 heavy (non-hydrogen) atoms. The predicted octanol–water partition coefficient (Wildman–Crippen LogP) is 5.54. The van der Waals surface area contributed by atoms with Crippen molar-refractivity contribution in [2.45, 2.75) is 48.2 Å². The summed E-state index contributed by atoms with van der Waals surface area (Å²) >= 11 is 1.60. The molecule has 7 heteroatoms. The first-order valence-electron chi connectivity index (χ1n) is 10.3. The van der Waals surface area contributed by atoms with Crippen LogP contribution in [0, 0.1) is 17.6 Å². The van der Waals surface area contributed by atoms with Gasteiger partial charge in [0.15, 0.2) is 9.64 Å². The topological polar surface area (TPSA) is 43.4 Å². The quantitative estimate of drug-likeness (QED) is 0.522. The number of rotatable bonds is 4. The summed E-state index contributed by atoms with van der Waals surface area (Å²) in [5, 5.41) is 0. The van der Waals surface area contributed by atoms with Crippen LogP contribution in [0.25, 0.3) is 0 Å². The van der Waals surface area contributed by atoms with Gasteiger partial charge in [0.05, 0.1) is 11.0 Å². The first kappa shape index (κ1) is 21.8. The van der Waals surface area contributed by atoms with Crippen LogP contribution in [0.5, 0.6) is 0 Å². The molecule has 0 bridgehead atoms. The van der Waals surface area contributed by atoms with E-state index in [2.05, 4.69) is 15.9 Å². The molecule has 1 heterocycles. The predicted molar refractivity (Wildman–Crippen MR) is 116 cm³/mol. The van der Waals surface area contributed by atoms with E-state index in [4.69, 9.17) is 0 Å². The van der Waals surface area contributed by atoms with Gasteiger partial charge in [0, 0.05) is 24.4 Å². The minimum atomic E-state index is -1.58. The Labute approximate surface area is 187 Å². The molecule has 160 valence electrons. The highest BCUT2D eigenvalue weighted by Crippen LogP contribution is 2.44. The lowest BCUT2D eigenvalue weighted by Gasteiger charge is -2.33. The average molecular weight is 496 g/mol. The number of nitrogens with zero attached hydrogens (tertiary/aromatic N) is 1. The van der Waals surface area contributed by atoms with Crippen molar-refractivity contribution in [3.8, 4) is 0 Å². The molecular weight excluding hydrogens is 472 g/mol. The zero-order chi connectivity index (χ0) is 21.3. The molecule has 0 radical (unpaired) electrons. The van der Waals surface area contributed by atoms with Crippen molar-refractivity contribution in [3.63, 3.8) is 0 Å². The van der Waals surface area contributed by atoms with Crippen molar-refractivity contribution in [2.75, 3.05) is 13.1 Å². The number of hydrogen-bond acceptors (Lipinski definition) is 2. The van der Waals surface area contributed by atoms with E-state index in [1.54, 1.807) is 17.0 Å². The van der Waals surface area contributed by atoms with Crippen LogP contribution < -0.4 is 0 Å². The molecule has 4 rings (SSSR count). The lowest BCUT2D eigenvalue weighted by molar-refractivity contribution is -0.135. The van der Waals surface area contributed by atoms with Gasteiger partial charge in [-0.2, -0.15) is 0 Å². The monoisotopic (exact) mass is 495 g/mol. The maximum absolute atomic E-state index is 14.4. The molecule has 0 N–H and O–H groups in total. The number of carbonyl (C=O) groups is 1. The van der Waals surface area contributed by atoms with Crippen LogP contribution >= 0.6 is 15.9 Å². The van der Waals surface area contributed by atoms with Gasteiger partial charge in [-0.1, -0.05) is 25.3 Å². The Balaban J connectivity index is 1.68. The molecule has 3 nitrogen and oxygen atoms in total. The van der Waals surface area contributed by atoms with E-state index >= 15 is 0 Å². The van der Waals surface area contributed by atoms with Gasteiger partial charge in [0.2, 0.25) is 5.91 Å². The van der Waals surface area contributed by atoms with E-state index in [1.165, 1.54) is 36.8 Å². The normalized spacial score (nSPS) is 23.5. The standard InChI is InChI=1S/C23H24BrF2NO2S/c24-20-11-6-17(14-21(20)26)23(30(29)19-9-7-18(25)8-10-19)12-13-27(15-23)22(28)16-4-2-1-3-5-16/h6-11,14,16H,1-5,12-13,15H2/t23-,30?/m0/s1. The lowest BCUT2D eigenvalue weighted by Crippen LogP contribution is -2.42. The molecule has 1 aliphatic heterocycles. The first-order valence-corrected chi connectivity index (χ1v) is 12.3. The summed E-state index contributed by atoms with van der Waals surface area (Å²) in [6.45, 7) is 0.757. The Hall–Kier alpha value is -1.44. The summed E-state index contributed by atoms with van der Waals surface area (Å²) in [7, 11) is 0. The zero-order valence-electron chi connectivity index (χ0n) is 16.6.